The molecule has 0 bridgehead atoms. The molecule has 0 atom stereocenters. The van der Waals surface area contributed by atoms with Crippen LogP contribution in [0, 0.1) is 11.6 Å². The van der Waals surface area contributed by atoms with E-state index < -0.39 is 11.6 Å². The molecular formula is C26H22F2N4O3. The Kier molecular flexibility index (Phi) is 6.10. The monoisotopic (exact) mass is 476 g/mol. The summed E-state index contributed by atoms with van der Waals surface area (Å²) in [5.41, 5.74) is 9.97. The number of amides is 1. The minimum atomic E-state index is -1.01. The highest BCUT2D eigenvalue weighted by Crippen LogP contribution is 2.32. The summed E-state index contributed by atoms with van der Waals surface area (Å²) in [6.45, 7) is 0.742. The van der Waals surface area contributed by atoms with Gasteiger partial charge in [-0.05, 0) is 52.1 Å². The van der Waals surface area contributed by atoms with Crippen LogP contribution in [0.3, 0.4) is 0 Å². The number of nitrogen functional groups attached to an aromatic ring is 1. The van der Waals surface area contributed by atoms with E-state index in [0.717, 1.165) is 23.3 Å². The van der Waals surface area contributed by atoms with E-state index in [9.17, 15) is 13.6 Å². The first kappa shape index (κ1) is 22.8. The summed E-state index contributed by atoms with van der Waals surface area (Å²) < 4.78 is 33.5. The normalized spacial score (nSPS) is 12.8. The third kappa shape index (κ3) is 4.43. The van der Waals surface area contributed by atoms with Gasteiger partial charge in [0.05, 0.1) is 25.3 Å². The highest BCUT2D eigenvalue weighted by molar-refractivity contribution is 6.06. The molecule has 0 aliphatic carbocycles. The van der Waals surface area contributed by atoms with Crippen molar-refractivity contribution in [3.63, 3.8) is 0 Å². The number of aromatic nitrogens is 2. The van der Waals surface area contributed by atoms with Gasteiger partial charge in [-0.3, -0.25) is 4.79 Å². The first-order valence-corrected chi connectivity index (χ1v) is 11.0. The van der Waals surface area contributed by atoms with Crippen molar-refractivity contribution in [1.82, 2.24) is 14.9 Å². The van der Waals surface area contributed by atoms with Crippen molar-refractivity contribution in [2.45, 2.75) is 19.7 Å². The zero-order valence-electron chi connectivity index (χ0n) is 18.7. The summed E-state index contributed by atoms with van der Waals surface area (Å²) >= 11 is 0. The number of hydrogen-bond donors (Lipinski definition) is 2. The number of halogens is 2. The lowest BCUT2D eigenvalue weighted by Gasteiger charge is -2.17. The molecule has 0 saturated carbocycles. The van der Waals surface area contributed by atoms with Crippen LogP contribution in [0.15, 0.2) is 54.6 Å². The number of carbonyl (C=O) groups is 1. The Hall–Kier alpha value is -3.95. The number of nitrogens with zero attached hydrogens (tertiary/aromatic N) is 3. The number of anilines is 1. The third-order valence-corrected chi connectivity index (χ3v) is 5.99. The SMILES string of the molecule is Nc1nc(C(=O)N2Cc3ccccc3C2)c2cc(-c3cc(F)c(F)cc3COCCO)ccc2n1. The Balaban J connectivity index is 1.57. The fraction of sp³-hybridized carbons (Fsp3) is 0.192. The smallest absolute Gasteiger partial charge is 0.273 e. The number of fused-ring (bicyclic) bond motifs is 2. The number of rotatable bonds is 6. The molecule has 4 aromatic rings. The molecule has 1 aromatic heterocycles. The molecule has 5 rings (SSSR count). The van der Waals surface area contributed by atoms with Gasteiger partial charge < -0.3 is 20.5 Å². The lowest BCUT2D eigenvalue weighted by atomic mass is 9.97. The molecule has 35 heavy (non-hydrogen) atoms. The molecule has 7 nitrogen and oxygen atoms in total. The number of nitrogens with two attached hydrogens (primary N) is 1. The van der Waals surface area contributed by atoms with Crippen molar-refractivity contribution in [1.29, 1.82) is 0 Å². The Labute approximate surface area is 199 Å². The quantitative estimate of drug-likeness (QED) is 0.410. The molecule has 3 aromatic carbocycles. The van der Waals surface area contributed by atoms with E-state index in [0.29, 0.717) is 40.7 Å². The van der Waals surface area contributed by atoms with Gasteiger partial charge in [-0.1, -0.05) is 30.3 Å². The molecule has 2 heterocycles. The van der Waals surface area contributed by atoms with Crippen molar-refractivity contribution in [3.05, 3.63) is 88.6 Å². The maximum atomic E-state index is 14.2. The minimum Gasteiger partial charge on any atom is -0.394 e. The number of benzene rings is 3. The second-order valence-electron chi connectivity index (χ2n) is 8.29. The van der Waals surface area contributed by atoms with Gasteiger partial charge in [0.1, 0.15) is 5.69 Å². The maximum absolute atomic E-state index is 14.2. The summed E-state index contributed by atoms with van der Waals surface area (Å²) in [7, 11) is 0. The van der Waals surface area contributed by atoms with Gasteiger partial charge in [0.2, 0.25) is 5.95 Å². The van der Waals surface area contributed by atoms with Crippen molar-refractivity contribution in [3.8, 4) is 11.1 Å². The van der Waals surface area contributed by atoms with E-state index >= 15 is 0 Å². The molecular weight excluding hydrogens is 454 g/mol. The van der Waals surface area contributed by atoms with Crippen LogP contribution in [-0.2, 0) is 24.4 Å². The third-order valence-electron chi connectivity index (χ3n) is 5.99. The van der Waals surface area contributed by atoms with Crippen molar-refractivity contribution in [2.24, 2.45) is 0 Å². The van der Waals surface area contributed by atoms with Crippen LogP contribution < -0.4 is 5.73 Å². The van der Waals surface area contributed by atoms with Gasteiger partial charge in [-0.2, -0.15) is 0 Å². The summed E-state index contributed by atoms with van der Waals surface area (Å²) in [4.78, 5) is 23.7. The zero-order valence-corrected chi connectivity index (χ0v) is 18.7. The highest BCUT2D eigenvalue weighted by Gasteiger charge is 2.27. The maximum Gasteiger partial charge on any atom is 0.273 e. The predicted molar refractivity (Wildman–Crippen MR) is 126 cm³/mol. The number of ether oxygens (including phenoxy) is 1. The standard InChI is InChI=1S/C26H22F2N4O3/c27-21-10-18(14-35-8-7-33)19(11-22(21)28)15-5-6-23-20(9-15)24(31-26(29)30-23)25(34)32-12-16-3-1-2-4-17(16)13-32/h1-6,9-11,33H,7-8,12-14H2,(H2,29,30,31). The molecule has 0 saturated heterocycles. The molecule has 178 valence electrons. The highest BCUT2D eigenvalue weighted by atomic mass is 19.2. The lowest BCUT2D eigenvalue weighted by molar-refractivity contribution is 0.0747. The number of aliphatic hydroxyl groups is 1. The summed E-state index contributed by atoms with van der Waals surface area (Å²) in [5, 5.41) is 9.43. The fourth-order valence-corrected chi connectivity index (χ4v) is 4.33. The van der Waals surface area contributed by atoms with Crippen molar-refractivity contribution < 1.29 is 23.4 Å². The second-order valence-corrected chi connectivity index (χ2v) is 8.29. The minimum absolute atomic E-state index is 0.0266. The topological polar surface area (TPSA) is 102 Å². The van der Waals surface area contributed by atoms with Crippen LogP contribution in [0.5, 0.6) is 0 Å². The molecule has 0 radical (unpaired) electrons. The van der Waals surface area contributed by atoms with Gasteiger partial charge in [-0.25, -0.2) is 18.7 Å². The largest absolute Gasteiger partial charge is 0.394 e. The number of aliphatic hydroxyl groups excluding tert-OH is 1. The Morgan fingerprint density at radius 1 is 1.03 bits per heavy atom. The summed E-state index contributed by atoms with van der Waals surface area (Å²) in [6.07, 6.45) is 0. The average Bonchev–Trinajstić information content (AvgIpc) is 3.29. The molecule has 3 N–H and O–H groups in total. The van der Waals surface area contributed by atoms with Crippen LogP contribution in [0.1, 0.15) is 27.2 Å². The molecule has 0 spiro atoms. The van der Waals surface area contributed by atoms with Gasteiger partial charge in [-0.15, -0.1) is 0 Å². The van der Waals surface area contributed by atoms with Gasteiger partial charge in [0.25, 0.3) is 5.91 Å². The molecule has 1 aliphatic heterocycles. The van der Waals surface area contributed by atoms with E-state index in [1.165, 1.54) is 0 Å². The average molecular weight is 476 g/mol. The second kappa shape index (κ2) is 9.36. The van der Waals surface area contributed by atoms with E-state index in [4.69, 9.17) is 15.6 Å². The van der Waals surface area contributed by atoms with E-state index in [1.807, 2.05) is 24.3 Å². The van der Waals surface area contributed by atoms with Gasteiger partial charge in [0.15, 0.2) is 11.6 Å². The van der Waals surface area contributed by atoms with Crippen LogP contribution in [-0.4, -0.2) is 39.1 Å². The number of hydrogen-bond acceptors (Lipinski definition) is 6. The van der Waals surface area contributed by atoms with Crippen molar-refractivity contribution >= 4 is 22.8 Å². The van der Waals surface area contributed by atoms with Crippen LogP contribution in [0.4, 0.5) is 14.7 Å². The molecule has 0 fully saturated rings. The Morgan fingerprint density at radius 3 is 2.46 bits per heavy atom. The fourth-order valence-electron chi connectivity index (χ4n) is 4.33. The number of carbonyl (C=O) groups excluding carboxylic acids is 1. The molecule has 1 amide bonds. The summed E-state index contributed by atoms with van der Waals surface area (Å²) in [6, 6.07) is 15.0. The molecule has 9 heteroatoms. The predicted octanol–water partition coefficient (Wildman–Crippen LogP) is 3.82. The summed E-state index contributed by atoms with van der Waals surface area (Å²) in [5.74, 6) is -2.34. The molecule has 0 unspecified atom stereocenters. The van der Waals surface area contributed by atoms with Crippen LogP contribution in [0.25, 0.3) is 22.0 Å². The van der Waals surface area contributed by atoms with Crippen molar-refractivity contribution in [2.75, 3.05) is 18.9 Å². The van der Waals surface area contributed by atoms with Crippen LogP contribution >= 0.6 is 0 Å². The zero-order chi connectivity index (χ0) is 24.5. The first-order chi connectivity index (χ1) is 16.9. The van der Waals surface area contributed by atoms with E-state index in [-0.39, 0.29) is 37.4 Å². The Bertz CT molecular complexity index is 1420. The lowest BCUT2D eigenvalue weighted by Crippen LogP contribution is -2.27. The van der Waals surface area contributed by atoms with Gasteiger partial charge >= 0.3 is 0 Å². The first-order valence-electron chi connectivity index (χ1n) is 11.0. The van der Waals surface area contributed by atoms with E-state index in [2.05, 4.69) is 9.97 Å². The Morgan fingerprint density at radius 2 is 1.74 bits per heavy atom. The molecule has 1 aliphatic rings. The van der Waals surface area contributed by atoms with Crippen LogP contribution in [0.2, 0.25) is 0 Å². The van der Waals surface area contributed by atoms with E-state index in [1.54, 1.807) is 23.1 Å². The van der Waals surface area contributed by atoms with Gasteiger partial charge in [0, 0.05) is 18.5 Å².